The first-order valence-electron chi connectivity index (χ1n) is 6.13. The van der Waals surface area contributed by atoms with Gasteiger partial charge in [0.1, 0.15) is 5.52 Å². The van der Waals surface area contributed by atoms with Crippen LogP contribution in [0.4, 0.5) is 0 Å². The van der Waals surface area contributed by atoms with Crippen LogP contribution in [0.5, 0.6) is 0 Å². The van der Waals surface area contributed by atoms with Crippen molar-refractivity contribution in [3.05, 3.63) is 58.1 Å². The number of benzene rings is 2. The lowest BCUT2D eigenvalue weighted by Crippen LogP contribution is -1.99. The molecule has 1 heterocycles. The van der Waals surface area contributed by atoms with E-state index in [1.807, 2.05) is 28.9 Å². The van der Waals surface area contributed by atoms with Gasteiger partial charge in [-0.15, -0.1) is 5.10 Å². The first-order valence-corrected chi connectivity index (χ1v) is 6.92. The zero-order chi connectivity index (χ0) is 12.8. The van der Waals surface area contributed by atoms with Crippen molar-refractivity contribution >= 4 is 33.0 Å². The van der Waals surface area contributed by atoms with Crippen molar-refractivity contribution in [1.82, 2.24) is 15.0 Å². The van der Waals surface area contributed by atoms with Crippen molar-refractivity contribution in [3.8, 4) is 5.69 Å². The largest absolute Gasteiger partial charge is 0.212 e. The fourth-order valence-electron chi connectivity index (χ4n) is 2.47. The van der Waals surface area contributed by atoms with Gasteiger partial charge in [0.2, 0.25) is 0 Å². The summed E-state index contributed by atoms with van der Waals surface area (Å²) in [6, 6.07) is 12.3. The van der Waals surface area contributed by atoms with Gasteiger partial charge in [-0.3, -0.25) is 0 Å². The second kappa shape index (κ2) is 4.03. The molecule has 1 aromatic heterocycles. The summed E-state index contributed by atoms with van der Waals surface area (Å²) in [6.45, 7) is 0. The van der Waals surface area contributed by atoms with Crippen molar-refractivity contribution in [2.45, 2.75) is 6.42 Å². The van der Waals surface area contributed by atoms with Crippen molar-refractivity contribution in [2.24, 2.45) is 0 Å². The highest BCUT2D eigenvalue weighted by molar-refractivity contribution is 9.10. The van der Waals surface area contributed by atoms with E-state index in [0.29, 0.717) is 0 Å². The molecule has 0 aliphatic heterocycles. The van der Waals surface area contributed by atoms with Crippen LogP contribution in [-0.2, 0) is 6.42 Å². The van der Waals surface area contributed by atoms with E-state index in [2.05, 4.69) is 50.5 Å². The molecule has 3 nitrogen and oxygen atoms in total. The summed E-state index contributed by atoms with van der Waals surface area (Å²) in [5, 5.41) is 8.47. The molecule has 4 heteroatoms. The van der Waals surface area contributed by atoms with Crippen LogP contribution in [-0.4, -0.2) is 15.0 Å². The summed E-state index contributed by atoms with van der Waals surface area (Å²) in [4.78, 5) is 0. The Kier molecular flexibility index (Phi) is 2.32. The van der Waals surface area contributed by atoms with E-state index in [4.69, 9.17) is 0 Å². The Hall–Kier alpha value is -1.94. The zero-order valence-electron chi connectivity index (χ0n) is 10.0. The van der Waals surface area contributed by atoms with Gasteiger partial charge in [0.25, 0.3) is 0 Å². The van der Waals surface area contributed by atoms with Gasteiger partial charge in [0, 0.05) is 4.47 Å². The number of allylic oxidation sites excluding steroid dienone is 1. The minimum Gasteiger partial charge on any atom is -0.212 e. The number of fused-ring (bicyclic) bond motifs is 2. The topological polar surface area (TPSA) is 30.7 Å². The number of para-hydroxylation sites is 1. The number of rotatable bonds is 1. The molecule has 1 aliphatic rings. The van der Waals surface area contributed by atoms with Gasteiger partial charge in [-0.2, -0.15) is 0 Å². The molecule has 0 fully saturated rings. The molecule has 0 saturated heterocycles. The molecule has 0 unspecified atom stereocenters. The summed E-state index contributed by atoms with van der Waals surface area (Å²) in [7, 11) is 0. The van der Waals surface area contributed by atoms with Gasteiger partial charge in [-0.05, 0) is 57.7 Å². The molecule has 0 atom stereocenters. The van der Waals surface area contributed by atoms with Crippen molar-refractivity contribution in [3.63, 3.8) is 0 Å². The quantitative estimate of drug-likeness (QED) is 0.685. The monoisotopic (exact) mass is 311 g/mol. The molecule has 1 aliphatic carbocycles. The van der Waals surface area contributed by atoms with Crippen LogP contribution in [0.25, 0.3) is 22.8 Å². The van der Waals surface area contributed by atoms with Crippen LogP contribution in [0.3, 0.4) is 0 Å². The SMILES string of the molecule is Brc1cc2c(cc1-n1nnc3ccccc31)C=CC2. The second-order valence-electron chi connectivity index (χ2n) is 4.60. The summed E-state index contributed by atoms with van der Waals surface area (Å²) in [5.74, 6) is 0. The van der Waals surface area contributed by atoms with Crippen LogP contribution < -0.4 is 0 Å². The molecule has 0 radical (unpaired) electrons. The summed E-state index contributed by atoms with van der Waals surface area (Å²) in [5.41, 5.74) is 5.56. The van der Waals surface area contributed by atoms with E-state index in [1.165, 1.54) is 11.1 Å². The lowest BCUT2D eigenvalue weighted by Gasteiger charge is -2.08. The van der Waals surface area contributed by atoms with Gasteiger partial charge in [-0.25, -0.2) is 4.68 Å². The molecule has 19 heavy (non-hydrogen) atoms. The van der Waals surface area contributed by atoms with Crippen molar-refractivity contribution < 1.29 is 0 Å². The number of aromatic nitrogens is 3. The third-order valence-electron chi connectivity index (χ3n) is 3.42. The van der Waals surface area contributed by atoms with E-state index < -0.39 is 0 Å². The third-order valence-corrected chi connectivity index (χ3v) is 4.06. The van der Waals surface area contributed by atoms with Gasteiger partial charge < -0.3 is 0 Å². The average Bonchev–Trinajstić information content (AvgIpc) is 3.03. The van der Waals surface area contributed by atoms with E-state index in [-0.39, 0.29) is 0 Å². The summed E-state index contributed by atoms with van der Waals surface area (Å²) in [6.07, 6.45) is 5.34. The molecule has 0 amide bonds. The molecule has 2 aromatic carbocycles. The Bertz CT molecular complexity index is 817. The van der Waals surface area contributed by atoms with Crippen LogP contribution in [0.1, 0.15) is 11.1 Å². The first-order chi connectivity index (χ1) is 9.33. The number of nitrogens with zero attached hydrogens (tertiary/aromatic N) is 3. The average molecular weight is 312 g/mol. The number of hydrogen-bond donors (Lipinski definition) is 0. The van der Waals surface area contributed by atoms with E-state index >= 15 is 0 Å². The minimum atomic E-state index is 0.908. The van der Waals surface area contributed by atoms with Crippen molar-refractivity contribution in [1.29, 1.82) is 0 Å². The minimum absolute atomic E-state index is 0.908. The standard InChI is InChI=1S/C15H10BrN3/c16-12-8-10-4-3-5-11(10)9-15(12)19-14-7-2-1-6-13(14)17-18-19/h1-3,5-9H,4H2. The zero-order valence-corrected chi connectivity index (χ0v) is 11.6. The maximum atomic E-state index is 4.26. The molecule has 0 spiro atoms. The predicted octanol–water partition coefficient (Wildman–Crippen LogP) is 3.75. The fraction of sp³-hybridized carbons (Fsp3) is 0.0667. The molecule has 3 aromatic rings. The van der Waals surface area contributed by atoms with Gasteiger partial charge in [0.15, 0.2) is 0 Å². The van der Waals surface area contributed by atoms with Crippen LogP contribution in [0, 0.1) is 0 Å². The van der Waals surface area contributed by atoms with Crippen LogP contribution >= 0.6 is 15.9 Å². The van der Waals surface area contributed by atoms with E-state index in [0.717, 1.165) is 27.6 Å². The smallest absolute Gasteiger partial charge is 0.113 e. The normalized spacial score (nSPS) is 13.1. The summed E-state index contributed by atoms with van der Waals surface area (Å²) >= 11 is 3.64. The summed E-state index contributed by atoms with van der Waals surface area (Å²) < 4.78 is 2.93. The fourth-order valence-corrected chi connectivity index (χ4v) is 3.03. The van der Waals surface area contributed by atoms with Gasteiger partial charge in [-0.1, -0.05) is 29.5 Å². The third kappa shape index (κ3) is 1.64. The van der Waals surface area contributed by atoms with Gasteiger partial charge in [0.05, 0.1) is 11.2 Å². The Balaban J connectivity index is 2.00. The molecular formula is C15H10BrN3. The predicted molar refractivity (Wildman–Crippen MR) is 79.3 cm³/mol. The highest BCUT2D eigenvalue weighted by atomic mass is 79.9. The molecule has 0 bridgehead atoms. The maximum absolute atomic E-state index is 4.26. The highest BCUT2D eigenvalue weighted by Crippen LogP contribution is 2.30. The lowest BCUT2D eigenvalue weighted by molar-refractivity contribution is 0.820. The molecule has 0 saturated carbocycles. The first kappa shape index (κ1) is 10.9. The highest BCUT2D eigenvalue weighted by Gasteiger charge is 2.13. The van der Waals surface area contributed by atoms with Crippen molar-refractivity contribution in [2.75, 3.05) is 0 Å². The van der Waals surface area contributed by atoms with E-state index in [1.54, 1.807) is 0 Å². The van der Waals surface area contributed by atoms with Gasteiger partial charge >= 0.3 is 0 Å². The Morgan fingerprint density at radius 1 is 1.16 bits per heavy atom. The molecule has 0 N–H and O–H groups in total. The maximum Gasteiger partial charge on any atom is 0.113 e. The Morgan fingerprint density at radius 2 is 2.05 bits per heavy atom. The number of halogens is 1. The number of hydrogen-bond acceptors (Lipinski definition) is 2. The Labute approximate surface area is 118 Å². The van der Waals surface area contributed by atoms with Crippen LogP contribution in [0.15, 0.2) is 46.9 Å². The Morgan fingerprint density at radius 3 is 3.00 bits per heavy atom. The van der Waals surface area contributed by atoms with E-state index in [9.17, 15) is 0 Å². The lowest BCUT2D eigenvalue weighted by atomic mass is 10.1. The molecular weight excluding hydrogens is 302 g/mol. The van der Waals surface area contributed by atoms with Crippen LogP contribution in [0.2, 0.25) is 0 Å². The molecule has 4 rings (SSSR count). The second-order valence-corrected chi connectivity index (χ2v) is 5.45. The molecule has 92 valence electrons.